The van der Waals surface area contributed by atoms with E-state index in [-0.39, 0.29) is 12.5 Å². The van der Waals surface area contributed by atoms with Crippen LogP contribution in [-0.2, 0) is 0 Å². The Hall–Kier alpha value is -3.40. The number of nitrogen functional groups attached to an aromatic ring is 1. The van der Waals surface area contributed by atoms with Crippen molar-refractivity contribution in [3.63, 3.8) is 0 Å². The van der Waals surface area contributed by atoms with Crippen LogP contribution < -0.4 is 11.1 Å². The van der Waals surface area contributed by atoms with Gasteiger partial charge in [0.2, 0.25) is 0 Å². The predicted octanol–water partition coefficient (Wildman–Crippen LogP) is 1.87. The van der Waals surface area contributed by atoms with Crippen LogP contribution in [0.2, 0.25) is 0 Å². The molecular formula is C23H24N4O2. The molecule has 3 aromatic rings. The summed E-state index contributed by atoms with van der Waals surface area (Å²) in [5.74, 6) is 6.50. The number of nitrogens with two attached hydrogens (primary N) is 1. The van der Waals surface area contributed by atoms with Gasteiger partial charge in [0, 0.05) is 41.4 Å². The van der Waals surface area contributed by atoms with Gasteiger partial charge in [-0.25, -0.2) is 4.98 Å². The van der Waals surface area contributed by atoms with E-state index in [9.17, 15) is 9.90 Å². The molecule has 4 N–H and O–H groups in total. The van der Waals surface area contributed by atoms with Crippen molar-refractivity contribution in [1.82, 2.24) is 15.2 Å². The maximum Gasteiger partial charge on any atom is 0.251 e. The van der Waals surface area contributed by atoms with Crippen LogP contribution in [0.4, 0.5) is 5.82 Å². The summed E-state index contributed by atoms with van der Waals surface area (Å²) < 4.78 is 0. The van der Waals surface area contributed by atoms with Crippen molar-refractivity contribution in [3.8, 4) is 11.8 Å². The Morgan fingerprint density at radius 1 is 1.10 bits per heavy atom. The largest absolute Gasteiger partial charge is 0.390 e. The highest BCUT2D eigenvalue weighted by molar-refractivity contribution is 5.94. The number of rotatable bonds is 5. The molecule has 0 aliphatic carbocycles. The van der Waals surface area contributed by atoms with Crippen molar-refractivity contribution in [2.24, 2.45) is 0 Å². The molecule has 0 bridgehead atoms. The van der Waals surface area contributed by atoms with Crippen molar-refractivity contribution < 1.29 is 9.90 Å². The highest BCUT2D eigenvalue weighted by Crippen LogP contribution is 2.16. The van der Waals surface area contributed by atoms with Gasteiger partial charge in [0.05, 0.1) is 6.10 Å². The Morgan fingerprint density at radius 2 is 1.79 bits per heavy atom. The third-order valence-corrected chi connectivity index (χ3v) is 4.32. The number of fused-ring (bicyclic) bond motifs is 1. The van der Waals surface area contributed by atoms with Crippen molar-refractivity contribution in [2.75, 3.05) is 32.9 Å². The fraction of sp³-hybridized carbons (Fsp3) is 0.217. The number of hydrogen-bond donors (Lipinski definition) is 3. The zero-order valence-electron chi connectivity index (χ0n) is 16.5. The number of hydrogen-bond acceptors (Lipinski definition) is 5. The van der Waals surface area contributed by atoms with Crippen LogP contribution in [0.1, 0.15) is 21.5 Å². The third-order valence-electron chi connectivity index (χ3n) is 4.32. The van der Waals surface area contributed by atoms with Gasteiger partial charge in [0.15, 0.2) is 0 Å². The number of likely N-dealkylation sites (N-methyl/N-ethyl adjacent to an activating group) is 1. The smallest absolute Gasteiger partial charge is 0.251 e. The molecule has 148 valence electrons. The van der Waals surface area contributed by atoms with Gasteiger partial charge >= 0.3 is 0 Å². The van der Waals surface area contributed by atoms with E-state index in [0.717, 1.165) is 21.9 Å². The summed E-state index contributed by atoms with van der Waals surface area (Å²) in [7, 11) is 3.74. The van der Waals surface area contributed by atoms with Gasteiger partial charge in [-0.1, -0.05) is 17.9 Å². The Bertz CT molecular complexity index is 1070. The predicted molar refractivity (Wildman–Crippen MR) is 115 cm³/mol. The van der Waals surface area contributed by atoms with Gasteiger partial charge in [0.1, 0.15) is 5.82 Å². The van der Waals surface area contributed by atoms with Crippen LogP contribution in [0.3, 0.4) is 0 Å². The van der Waals surface area contributed by atoms with Gasteiger partial charge in [0.25, 0.3) is 5.91 Å². The van der Waals surface area contributed by atoms with Crippen LogP contribution >= 0.6 is 0 Å². The Labute approximate surface area is 170 Å². The van der Waals surface area contributed by atoms with Crippen molar-refractivity contribution >= 4 is 22.5 Å². The number of nitrogens with zero attached hydrogens (tertiary/aromatic N) is 2. The first-order valence-corrected chi connectivity index (χ1v) is 9.29. The number of aliphatic hydroxyl groups excluding tert-OH is 1. The van der Waals surface area contributed by atoms with Crippen LogP contribution in [0.15, 0.2) is 54.7 Å². The number of anilines is 1. The topological polar surface area (TPSA) is 91.5 Å². The number of carbonyl (C=O) groups excluding carboxylic acids is 1. The minimum Gasteiger partial charge on any atom is -0.390 e. The molecular weight excluding hydrogens is 364 g/mol. The van der Waals surface area contributed by atoms with Crippen LogP contribution in [0.5, 0.6) is 0 Å². The number of aromatic nitrogens is 1. The second-order valence-electron chi connectivity index (χ2n) is 7.12. The van der Waals surface area contributed by atoms with Gasteiger partial charge in [-0.2, -0.15) is 0 Å². The monoisotopic (exact) mass is 388 g/mol. The molecule has 0 spiro atoms. The molecule has 6 nitrogen and oxygen atoms in total. The summed E-state index contributed by atoms with van der Waals surface area (Å²) in [6, 6.07) is 14.8. The minimum absolute atomic E-state index is 0.209. The highest BCUT2D eigenvalue weighted by Gasteiger charge is 2.09. The van der Waals surface area contributed by atoms with E-state index in [1.807, 2.05) is 55.4 Å². The number of pyridine rings is 1. The van der Waals surface area contributed by atoms with E-state index in [1.54, 1.807) is 18.3 Å². The summed E-state index contributed by atoms with van der Waals surface area (Å²) in [4.78, 5) is 18.2. The van der Waals surface area contributed by atoms with E-state index < -0.39 is 6.10 Å². The van der Waals surface area contributed by atoms with Gasteiger partial charge in [-0.05, 0) is 61.9 Å². The van der Waals surface area contributed by atoms with Crippen LogP contribution in [0, 0.1) is 11.8 Å². The number of nitrogens with one attached hydrogen (secondary N) is 1. The molecule has 0 saturated carbocycles. The lowest BCUT2D eigenvalue weighted by Crippen LogP contribution is -2.37. The van der Waals surface area contributed by atoms with Crippen molar-refractivity contribution in [2.45, 2.75) is 6.10 Å². The Morgan fingerprint density at radius 3 is 2.52 bits per heavy atom. The normalized spacial score (nSPS) is 11.7. The Kier molecular flexibility index (Phi) is 6.45. The lowest BCUT2D eigenvalue weighted by molar-refractivity contribution is 0.0892. The van der Waals surface area contributed by atoms with Crippen LogP contribution in [0.25, 0.3) is 10.8 Å². The first kappa shape index (κ1) is 20.3. The molecule has 2 aromatic carbocycles. The third kappa shape index (κ3) is 5.79. The molecule has 1 aromatic heterocycles. The first-order chi connectivity index (χ1) is 13.9. The summed E-state index contributed by atoms with van der Waals surface area (Å²) in [5, 5.41) is 14.6. The maximum absolute atomic E-state index is 12.2. The molecule has 0 radical (unpaired) electrons. The average molecular weight is 388 g/mol. The molecule has 0 aliphatic heterocycles. The molecule has 1 atom stereocenters. The molecule has 3 rings (SSSR count). The number of amides is 1. The fourth-order valence-corrected chi connectivity index (χ4v) is 2.88. The number of aliphatic hydroxyl groups is 1. The summed E-state index contributed by atoms with van der Waals surface area (Å²) >= 11 is 0. The fourth-order valence-electron chi connectivity index (χ4n) is 2.88. The zero-order valence-corrected chi connectivity index (χ0v) is 16.5. The van der Waals surface area contributed by atoms with Crippen molar-refractivity contribution in [1.29, 1.82) is 0 Å². The summed E-state index contributed by atoms with van der Waals surface area (Å²) in [6.45, 7) is 0.702. The molecule has 0 aliphatic rings. The summed E-state index contributed by atoms with van der Waals surface area (Å²) in [6.07, 6.45) is 1.13. The quantitative estimate of drug-likeness (QED) is 0.581. The van der Waals surface area contributed by atoms with E-state index >= 15 is 0 Å². The van der Waals surface area contributed by atoms with E-state index in [4.69, 9.17) is 5.73 Å². The number of carbonyl (C=O) groups is 1. The standard InChI is InChI=1S/C23H24N4O2/c1-27(2)15-21(28)14-26-23(29)18-8-5-16(6-9-18)3-4-17-7-10-19-12-22(24)25-13-20(19)11-17/h5-13,21,28H,14-15H2,1-2H3,(H2,24,25)(H,26,29). The Balaban J connectivity index is 1.64. The molecule has 0 saturated heterocycles. The first-order valence-electron chi connectivity index (χ1n) is 9.29. The molecule has 1 amide bonds. The lowest BCUT2D eigenvalue weighted by atomic mass is 10.1. The molecule has 0 fully saturated rings. The highest BCUT2D eigenvalue weighted by atomic mass is 16.3. The van der Waals surface area contributed by atoms with E-state index in [1.165, 1.54) is 0 Å². The van der Waals surface area contributed by atoms with Gasteiger partial charge < -0.3 is 21.1 Å². The van der Waals surface area contributed by atoms with Crippen LogP contribution in [-0.4, -0.2) is 54.2 Å². The average Bonchev–Trinajstić information content (AvgIpc) is 2.70. The molecule has 1 unspecified atom stereocenters. The van der Waals surface area contributed by atoms with Gasteiger partial charge in [-0.3, -0.25) is 4.79 Å². The van der Waals surface area contributed by atoms with Crippen molar-refractivity contribution in [3.05, 3.63) is 71.4 Å². The molecule has 1 heterocycles. The minimum atomic E-state index is -0.604. The van der Waals surface area contributed by atoms with Gasteiger partial charge in [-0.15, -0.1) is 0 Å². The number of benzene rings is 2. The maximum atomic E-state index is 12.2. The molecule has 29 heavy (non-hydrogen) atoms. The SMILES string of the molecule is CN(C)CC(O)CNC(=O)c1ccc(C#Cc2ccc3cc(N)ncc3c2)cc1. The molecule has 6 heteroatoms. The lowest BCUT2D eigenvalue weighted by Gasteiger charge is -2.16. The van der Waals surface area contributed by atoms with E-state index in [0.29, 0.717) is 17.9 Å². The second kappa shape index (κ2) is 9.20. The summed E-state index contributed by atoms with van der Waals surface area (Å²) in [5.41, 5.74) is 7.92. The second-order valence-corrected chi connectivity index (χ2v) is 7.12. The van der Waals surface area contributed by atoms with E-state index in [2.05, 4.69) is 22.1 Å². The zero-order chi connectivity index (χ0) is 20.8.